The third kappa shape index (κ3) is 14.3. The molecule has 0 bridgehead atoms. The molecule has 0 aliphatic rings. The van der Waals surface area contributed by atoms with Crippen LogP contribution in [0.2, 0.25) is 18.1 Å². The molecule has 81 heavy (non-hydrogen) atoms. The van der Waals surface area contributed by atoms with E-state index in [-0.39, 0.29) is 61.0 Å². The van der Waals surface area contributed by atoms with Gasteiger partial charge in [-0.05, 0) is 147 Å². The summed E-state index contributed by atoms with van der Waals surface area (Å²) in [7, 11) is -4.92. The lowest BCUT2D eigenvalue weighted by Crippen LogP contribution is -2.43. The number of hydrogen-bond acceptors (Lipinski definition) is 16. The molecule has 0 radical (unpaired) electrons. The summed E-state index contributed by atoms with van der Waals surface area (Å²) in [5.41, 5.74) is 5.93. The highest BCUT2D eigenvalue weighted by Crippen LogP contribution is 2.47. The number of esters is 1. The van der Waals surface area contributed by atoms with Gasteiger partial charge in [-0.3, -0.25) is 4.18 Å². The number of nitrogens with zero attached hydrogens (tertiary/aromatic N) is 4. The minimum absolute atomic E-state index is 0.00309. The topological polar surface area (TPSA) is 190 Å². The van der Waals surface area contributed by atoms with Crippen LogP contribution in [0.5, 0.6) is 28.9 Å². The van der Waals surface area contributed by atoms with Crippen molar-refractivity contribution < 1.29 is 59.1 Å². The van der Waals surface area contributed by atoms with Crippen molar-refractivity contribution in [1.29, 1.82) is 0 Å². The molecule has 3 aromatic heterocycles. The maximum absolute atomic E-state index is 14.6. The van der Waals surface area contributed by atoms with Crippen molar-refractivity contribution in [3.05, 3.63) is 168 Å². The van der Waals surface area contributed by atoms with Crippen LogP contribution in [0.3, 0.4) is 0 Å². The SMILES string of the molecule is C=CCOC[C@H](COS(=O)(=O)c1ccc(C)cc1)Oc1cc(C)c(-c2c(-c3ccc(F)cc3)oc3ncnc(O[C@H](Cc4cc(O[Si](C)(C)C(C)(C)C)ccc4OCc4ccnc(-c5ccccc5OC)n4)C(=O)OCC)c23)c(C)c1. The van der Waals surface area contributed by atoms with Gasteiger partial charge < -0.3 is 37.3 Å². The molecule has 0 unspecified atom stereocenters. The number of carbonyl (C=O) groups is 1. The molecule has 8 aromatic rings. The van der Waals surface area contributed by atoms with Crippen LogP contribution in [0.4, 0.5) is 4.39 Å². The number of para-hydroxylation sites is 1. The number of ether oxygens (including phenoxy) is 6. The van der Waals surface area contributed by atoms with Gasteiger partial charge in [0.2, 0.25) is 26.0 Å². The van der Waals surface area contributed by atoms with E-state index in [1.165, 1.54) is 30.6 Å². The van der Waals surface area contributed by atoms with Gasteiger partial charge in [-0.1, -0.05) is 56.7 Å². The van der Waals surface area contributed by atoms with Crippen molar-refractivity contribution >= 4 is 35.5 Å². The molecule has 2 atom stereocenters. The number of halogens is 1. The van der Waals surface area contributed by atoms with E-state index in [1.807, 2.05) is 63.2 Å². The number of furan rings is 1. The van der Waals surface area contributed by atoms with Gasteiger partial charge >= 0.3 is 5.97 Å². The number of methoxy groups -OCH3 is 1. The maximum Gasteiger partial charge on any atom is 0.347 e. The molecule has 0 amide bonds. The predicted molar refractivity (Wildman–Crippen MR) is 309 cm³/mol. The van der Waals surface area contributed by atoms with E-state index in [0.29, 0.717) is 79.0 Å². The average molecular weight is 1140 g/mol. The van der Waals surface area contributed by atoms with E-state index in [2.05, 4.69) is 55.4 Å². The minimum Gasteiger partial charge on any atom is -0.543 e. The fourth-order valence-electron chi connectivity index (χ4n) is 8.65. The number of fused-ring (bicyclic) bond motifs is 1. The summed E-state index contributed by atoms with van der Waals surface area (Å²) >= 11 is 0. The molecule has 0 saturated carbocycles. The van der Waals surface area contributed by atoms with Crippen LogP contribution in [0, 0.1) is 26.6 Å². The third-order valence-corrected chi connectivity index (χ3v) is 19.4. The maximum atomic E-state index is 14.6. The fraction of sp³-hybridized carbons (Fsp3) is 0.306. The standard InChI is InChI=1S/C62H67FN4O12SSi/c1-12-30-72-36-48(37-75-80(69,70)49-25-18-39(3)19-26-49)76-47-31-40(4)54(41(5)32-47)55-56-59(65-38-66-60(56)78-57(55)42-20-22-44(63)23-21-42)77-53(61(68)73-13-2)34-43-33-46(79-81(10,11)62(6,7)8)24-27-51(43)74-35-45-28-29-64-58(67-45)50-16-14-15-17-52(50)71-9/h12,14-29,31-33,38,48,53H,1,13,30,34-37H2,2-11H3/t48-,53-/m1/s1. The Kier molecular flexibility index (Phi) is 18.7. The second-order valence-corrected chi connectivity index (χ2v) is 27.1. The van der Waals surface area contributed by atoms with Crippen LogP contribution >= 0.6 is 0 Å². The summed E-state index contributed by atoms with van der Waals surface area (Å²) in [6.45, 7) is 21.7. The number of aromatic nitrogens is 4. The quantitative estimate of drug-likeness (QED) is 0.0172. The van der Waals surface area contributed by atoms with Gasteiger partial charge in [-0.2, -0.15) is 8.42 Å². The Balaban J connectivity index is 1.18. The van der Waals surface area contributed by atoms with Crippen LogP contribution in [0.15, 0.2) is 144 Å². The molecule has 16 nitrogen and oxygen atoms in total. The zero-order chi connectivity index (χ0) is 58.1. The van der Waals surface area contributed by atoms with Gasteiger partial charge in [0.05, 0.1) is 43.1 Å². The third-order valence-electron chi connectivity index (χ3n) is 13.7. The van der Waals surface area contributed by atoms with E-state index >= 15 is 0 Å². The average Bonchev–Trinajstić information content (AvgIpc) is 3.83. The monoisotopic (exact) mass is 1140 g/mol. The summed E-state index contributed by atoms with van der Waals surface area (Å²) in [5, 5.41) is 0.186. The number of carbonyl (C=O) groups excluding carboxylic acids is 1. The first-order chi connectivity index (χ1) is 38.7. The summed E-state index contributed by atoms with van der Waals surface area (Å²) in [6.07, 6.45) is 2.25. The Labute approximate surface area is 473 Å². The largest absolute Gasteiger partial charge is 0.543 e. The Bertz CT molecular complexity index is 3600. The lowest BCUT2D eigenvalue weighted by Gasteiger charge is -2.36. The molecular formula is C62H67FN4O12SSi. The molecular weight excluding hydrogens is 1070 g/mol. The van der Waals surface area contributed by atoms with Gasteiger partial charge in [0.15, 0.2) is 5.82 Å². The Morgan fingerprint density at radius 1 is 0.840 bits per heavy atom. The molecule has 0 spiro atoms. The van der Waals surface area contributed by atoms with E-state index in [9.17, 15) is 17.6 Å². The highest BCUT2D eigenvalue weighted by Gasteiger charge is 2.39. The van der Waals surface area contributed by atoms with Gasteiger partial charge in [0.1, 0.15) is 65.6 Å². The van der Waals surface area contributed by atoms with E-state index in [0.717, 1.165) is 11.1 Å². The Hall–Kier alpha value is -7.97. The summed E-state index contributed by atoms with van der Waals surface area (Å²) < 4.78 is 96.8. The molecule has 5 aromatic carbocycles. The van der Waals surface area contributed by atoms with Crippen molar-refractivity contribution in [2.24, 2.45) is 0 Å². The molecule has 0 saturated heterocycles. The fourth-order valence-corrected chi connectivity index (χ4v) is 10.6. The zero-order valence-corrected chi connectivity index (χ0v) is 49.0. The van der Waals surface area contributed by atoms with Crippen molar-refractivity contribution in [2.45, 2.75) is 96.7 Å². The lowest BCUT2D eigenvalue weighted by atomic mass is 9.92. The first-order valence-electron chi connectivity index (χ1n) is 26.4. The van der Waals surface area contributed by atoms with Crippen LogP contribution in [0.25, 0.3) is 44.9 Å². The van der Waals surface area contributed by atoms with Crippen molar-refractivity contribution in [2.75, 3.05) is 33.5 Å². The first kappa shape index (κ1) is 59.2. The second kappa shape index (κ2) is 25.6. The smallest absolute Gasteiger partial charge is 0.347 e. The lowest BCUT2D eigenvalue weighted by molar-refractivity contribution is -0.151. The van der Waals surface area contributed by atoms with Gasteiger partial charge in [0, 0.05) is 29.3 Å². The minimum atomic E-state index is -4.14. The summed E-state index contributed by atoms with van der Waals surface area (Å²) in [5.74, 6) is 1.68. The molecule has 19 heteroatoms. The highest BCUT2D eigenvalue weighted by atomic mass is 32.2. The molecule has 0 N–H and O–H groups in total. The highest BCUT2D eigenvalue weighted by molar-refractivity contribution is 7.86. The first-order valence-corrected chi connectivity index (χ1v) is 30.7. The van der Waals surface area contributed by atoms with E-state index in [1.54, 1.807) is 68.8 Å². The molecule has 3 heterocycles. The van der Waals surface area contributed by atoms with Crippen LogP contribution in [-0.4, -0.2) is 88.4 Å². The van der Waals surface area contributed by atoms with Gasteiger partial charge in [0.25, 0.3) is 10.1 Å². The molecule has 424 valence electrons. The second-order valence-electron chi connectivity index (χ2n) is 20.8. The molecule has 0 aliphatic heterocycles. The van der Waals surface area contributed by atoms with Crippen molar-refractivity contribution in [1.82, 2.24) is 19.9 Å². The van der Waals surface area contributed by atoms with Gasteiger partial charge in [-0.15, -0.1) is 6.58 Å². The summed E-state index contributed by atoms with van der Waals surface area (Å²) in [6, 6.07) is 30.5. The van der Waals surface area contributed by atoms with E-state index < -0.39 is 42.4 Å². The van der Waals surface area contributed by atoms with E-state index in [4.69, 9.17) is 46.4 Å². The van der Waals surface area contributed by atoms with Crippen LogP contribution < -0.4 is 23.4 Å². The Morgan fingerprint density at radius 2 is 1.57 bits per heavy atom. The Morgan fingerprint density at radius 3 is 2.26 bits per heavy atom. The van der Waals surface area contributed by atoms with Gasteiger partial charge in [-0.25, -0.2) is 29.1 Å². The molecule has 8 rings (SSSR count). The summed E-state index contributed by atoms with van der Waals surface area (Å²) in [4.78, 5) is 32.9. The number of rotatable bonds is 25. The zero-order valence-electron chi connectivity index (χ0n) is 47.2. The van der Waals surface area contributed by atoms with Crippen LogP contribution in [-0.2, 0) is 41.6 Å². The molecule has 0 fully saturated rings. The van der Waals surface area contributed by atoms with Crippen LogP contribution in [0.1, 0.15) is 55.6 Å². The number of benzene rings is 5. The normalized spacial score (nSPS) is 12.6. The predicted octanol–water partition coefficient (Wildman–Crippen LogP) is 13.0. The van der Waals surface area contributed by atoms with Crippen molar-refractivity contribution in [3.8, 4) is 62.7 Å². The number of aryl methyl sites for hydroxylation is 3. The van der Waals surface area contributed by atoms with Crippen molar-refractivity contribution in [3.63, 3.8) is 0 Å². The number of hydrogen-bond donors (Lipinski definition) is 0. The molecule has 0 aliphatic carbocycles.